The topological polar surface area (TPSA) is 57.2 Å². The Morgan fingerprint density at radius 2 is 1.96 bits per heavy atom. The molecule has 6 nitrogen and oxygen atoms in total. The van der Waals surface area contributed by atoms with E-state index in [1.165, 1.54) is 0 Å². The lowest BCUT2D eigenvalue weighted by Gasteiger charge is -2.26. The molecule has 2 aliphatic rings. The summed E-state index contributed by atoms with van der Waals surface area (Å²) in [6.07, 6.45) is 0. The van der Waals surface area contributed by atoms with E-state index in [0.717, 1.165) is 22.8 Å². The van der Waals surface area contributed by atoms with E-state index < -0.39 is 0 Å². The van der Waals surface area contributed by atoms with Crippen LogP contribution < -0.4 is 18.9 Å². The number of hydrogen-bond acceptors (Lipinski definition) is 6. The number of benzene rings is 2. The van der Waals surface area contributed by atoms with Gasteiger partial charge in [-0.2, -0.15) is 0 Å². The van der Waals surface area contributed by atoms with E-state index in [4.69, 9.17) is 18.9 Å². The molecular formula is C19H19NO5S. The first kappa shape index (κ1) is 16.9. The molecule has 7 heteroatoms. The van der Waals surface area contributed by atoms with Gasteiger partial charge in [0.2, 0.25) is 6.79 Å². The Hall–Kier alpha value is -2.54. The molecule has 0 aromatic heterocycles. The number of ether oxygens (including phenoxy) is 4. The third-order valence-electron chi connectivity index (χ3n) is 4.47. The fourth-order valence-corrected chi connectivity index (χ4v) is 4.43. The molecule has 0 aliphatic carbocycles. The van der Waals surface area contributed by atoms with Gasteiger partial charge in [0, 0.05) is 23.4 Å². The van der Waals surface area contributed by atoms with Crippen molar-refractivity contribution < 1.29 is 23.7 Å². The van der Waals surface area contributed by atoms with E-state index in [2.05, 4.69) is 0 Å². The van der Waals surface area contributed by atoms with Crippen molar-refractivity contribution in [3.63, 3.8) is 0 Å². The molecule has 1 amide bonds. The van der Waals surface area contributed by atoms with Crippen LogP contribution in [0.2, 0.25) is 0 Å². The summed E-state index contributed by atoms with van der Waals surface area (Å²) >= 11 is 1.71. The molecule has 2 aromatic rings. The smallest absolute Gasteiger partial charge is 0.255 e. The fourth-order valence-electron chi connectivity index (χ4n) is 3.16. The number of fused-ring (bicyclic) bond motifs is 1. The predicted octanol–water partition coefficient (Wildman–Crippen LogP) is 3.32. The second-order valence-corrected chi connectivity index (χ2v) is 7.09. The number of carbonyl (C=O) groups is 1. The SMILES string of the molecule is COc1ccc(OC)c([C@H]2SCCN2C(=O)c2ccc3c(c2)OCO3)c1. The van der Waals surface area contributed by atoms with Crippen molar-refractivity contribution in [3.8, 4) is 23.0 Å². The van der Waals surface area contributed by atoms with Gasteiger partial charge in [0.1, 0.15) is 16.9 Å². The third kappa shape index (κ3) is 2.92. The van der Waals surface area contributed by atoms with E-state index in [9.17, 15) is 4.79 Å². The molecule has 0 saturated carbocycles. The lowest BCUT2D eigenvalue weighted by Crippen LogP contribution is -2.30. The van der Waals surface area contributed by atoms with Crippen LogP contribution in [0.5, 0.6) is 23.0 Å². The summed E-state index contributed by atoms with van der Waals surface area (Å²) in [4.78, 5) is 15.0. The van der Waals surface area contributed by atoms with Crippen molar-refractivity contribution in [1.29, 1.82) is 0 Å². The van der Waals surface area contributed by atoms with Crippen molar-refractivity contribution in [2.24, 2.45) is 0 Å². The van der Waals surface area contributed by atoms with E-state index >= 15 is 0 Å². The number of hydrogen-bond donors (Lipinski definition) is 0. The molecule has 1 fully saturated rings. The summed E-state index contributed by atoms with van der Waals surface area (Å²) in [5, 5.41) is -0.127. The van der Waals surface area contributed by atoms with Crippen LogP contribution in [0.4, 0.5) is 0 Å². The van der Waals surface area contributed by atoms with Gasteiger partial charge in [-0.25, -0.2) is 0 Å². The molecule has 1 saturated heterocycles. The standard InChI is InChI=1S/C19H19NO5S/c1-22-13-4-6-15(23-2)14(10-13)19-20(7-8-26-19)18(21)12-3-5-16-17(9-12)25-11-24-16/h3-6,9-10,19H,7-8,11H2,1-2H3/t19-/m1/s1. The van der Waals surface area contributed by atoms with Crippen molar-refractivity contribution in [3.05, 3.63) is 47.5 Å². The van der Waals surface area contributed by atoms with Crippen molar-refractivity contribution in [2.45, 2.75) is 5.37 Å². The zero-order chi connectivity index (χ0) is 18.1. The third-order valence-corrected chi connectivity index (χ3v) is 5.72. The number of rotatable bonds is 4. The van der Waals surface area contributed by atoms with Gasteiger partial charge in [-0.05, 0) is 36.4 Å². The maximum absolute atomic E-state index is 13.1. The Morgan fingerprint density at radius 1 is 1.12 bits per heavy atom. The van der Waals surface area contributed by atoms with Crippen LogP contribution in [-0.2, 0) is 0 Å². The molecule has 2 heterocycles. The van der Waals surface area contributed by atoms with Gasteiger partial charge in [-0.1, -0.05) is 0 Å². The van der Waals surface area contributed by atoms with Crippen LogP contribution in [0.15, 0.2) is 36.4 Å². The van der Waals surface area contributed by atoms with E-state index in [1.54, 1.807) is 44.2 Å². The highest BCUT2D eigenvalue weighted by Gasteiger charge is 2.34. The average molecular weight is 373 g/mol. The highest BCUT2D eigenvalue weighted by atomic mass is 32.2. The Bertz CT molecular complexity index is 841. The Morgan fingerprint density at radius 3 is 2.77 bits per heavy atom. The first-order valence-electron chi connectivity index (χ1n) is 8.25. The van der Waals surface area contributed by atoms with Crippen LogP contribution >= 0.6 is 11.8 Å². The van der Waals surface area contributed by atoms with Crippen LogP contribution in [0.3, 0.4) is 0 Å². The molecule has 1 atom stereocenters. The summed E-state index contributed by atoms with van der Waals surface area (Å²) in [5.41, 5.74) is 1.52. The highest BCUT2D eigenvalue weighted by Crippen LogP contribution is 2.44. The lowest BCUT2D eigenvalue weighted by atomic mass is 10.1. The number of amides is 1. The number of methoxy groups -OCH3 is 2. The predicted molar refractivity (Wildman–Crippen MR) is 98.3 cm³/mol. The van der Waals surface area contributed by atoms with Gasteiger partial charge in [0.05, 0.1) is 14.2 Å². The average Bonchev–Trinajstić information content (AvgIpc) is 3.35. The second kappa shape index (κ2) is 6.99. The second-order valence-electron chi connectivity index (χ2n) is 5.90. The first-order valence-corrected chi connectivity index (χ1v) is 9.30. The maximum atomic E-state index is 13.1. The largest absolute Gasteiger partial charge is 0.497 e. The van der Waals surface area contributed by atoms with Crippen molar-refractivity contribution in [2.75, 3.05) is 33.3 Å². The molecule has 0 N–H and O–H groups in total. The van der Waals surface area contributed by atoms with E-state index in [-0.39, 0.29) is 18.1 Å². The zero-order valence-electron chi connectivity index (χ0n) is 14.6. The molecular weight excluding hydrogens is 354 g/mol. The fraction of sp³-hybridized carbons (Fsp3) is 0.316. The summed E-state index contributed by atoms with van der Waals surface area (Å²) in [5.74, 6) is 3.59. The molecule has 26 heavy (non-hydrogen) atoms. The molecule has 0 bridgehead atoms. The van der Waals surface area contributed by atoms with Crippen molar-refractivity contribution >= 4 is 17.7 Å². The Labute approximate surface area is 156 Å². The molecule has 0 radical (unpaired) electrons. The Kier molecular flexibility index (Phi) is 4.55. The summed E-state index contributed by atoms with van der Waals surface area (Å²) < 4.78 is 21.6. The number of nitrogens with zero attached hydrogens (tertiary/aromatic N) is 1. The minimum Gasteiger partial charge on any atom is -0.497 e. The van der Waals surface area contributed by atoms with Crippen LogP contribution in [0, 0.1) is 0 Å². The monoisotopic (exact) mass is 373 g/mol. The van der Waals surface area contributed by atoms with E-state index in [1.807, 2.05) is 23.1 Å². The molecule has 0 spiro atoms. The molecule has 2 aliphatic heterocycles. The minimum atomic E-state index is -0.127. The van der Waals surface area contributed by atoms with Gasteiger partial charge in [0.25, 0.3) is 5.91 Å². The van der Waals surface area contributed by atoms with E-state index in [0.29, 0.717) is 23.6 Å². The van der Waals surface area contributed by atoms with Crippen LogP contribution in [0.25, 0.3) is 0 Å². The summed E-state index contributed by atoms with van der Waals surface area (Å²) in [6.45, 7) is 0.860. The lowest BCUT2D eigenvalue weighted by molar-refractivity contribution is 0.0758. The van der Waals surface area contributed by atoms with Gasteiger partial charge in [-0.3, -0.25) is 4.79 Å². The van der Waals surface area contributed by atoms with Gasteiger partial charge < -0.3 is 23.8 Å². The van der Waals surface area contributed by atoms with Gasteiger partial charge in [0.15, 0.2) is 11.5 Å². The number of carbonyl (C=O) groups excluding carboxylic acids is 1. The summed E-state index contributed by atoms with van der Waals surface area (Å²) in [7, 11) is 3.26. The maximum Gasteiger partial charge on any atom is 0.255 e. The van der Waals surface area contributed by atoms with Crippen molar-refractivity contribution in [1.82, 2.24) is 4.90 Å². The normalized spacial score (nSPS) is 18.1. The van der Waals surface area contributed by atoms with Gasteiger partial charge in [-0.15, -0.1) is 11.8 Å². The molecule has 2 aromatic carbocycles. The minimum absolute atomic E-state index is 0.0387. The summed E-state index contributed by atoms with van der Waals surface area (Å²) in [6, 6.07) is 11.0. The number of thioether (sulfide) groups is 1. The van der Waals surface area contributed by atoms with Crippen LogP contribution in [-0.4, -0.2) is 44.1 Å². The quantitative estimate of drug-likeness (QED) is 0.820. The Balaban J connectivity index is 1.65. The highest BCUT2D eigenvalue weighted by molar-refractivity contribution is 7.99. The first-order chi connectivity index (χ1) is 12.7. The van der Waals surface area contributed by atoms with Gasteiger partial charge >= 0.3 is 0 Å². The zero-order valence-corrected chi connectivity index (χ0v) is 15.4. The molecule has 4 rings (SSSR count). The molecule has 0 unspecified atom stereocenters. The van der Waals surface area contributed by atoms with Crippen LogP contribution in [0.1, 0.15) is 21.3 Å². The molecule has 136 valence electrons.